The van der Waals surface area contributed by atoms with Crippen LogP contribution < -0.4 is 14.8 Å². The molecule has 2 aliphatic rings. The summed E-state index contributed by atoms with van der Waals surface area (Å²) in [6.07, 6.45) is 0. The normalized spacial score (nSPS) is 16.7. The minimum absolute atomic E-state index is 0.148. The molecule has 32 heavy (non-hydrogen) atoms. The number of methoxy groups -OCH3 is 2. The molecule has 0 fully saturated rings. The molecule has 1 N–H and O–H groups in total. The van der Waals surface area contributed by atoms with Gasteiger partial charge in [-0.1, -0.05) is 40.2 Å². The third-order valence-electron chi connectivity index (χ3n) is 5.54. The standard InChI is InChI=1S/C24H19BrN2O5/c1-12-19(24(29)31-3)20(15-10-17(30-2)18(11-16(15)25)32-9-8-26)21-22(27-12)13-6-4-5-7-14(13)23(21)28/h4-7,10-11,20,27H,9H2,1-3H3/t20-/m0/s1. The first-order valence-corrected chi connectivity index (χ1v) is 10.5. The number of hydrogen-bond acceptors (Lipinski definition) is 7. The molecule has 0 saturated carbocycles. The molecule has 1 aliphatic heterocycles. The van der Waals surface area contributed by atoms with Gasteiger partial charge in [0.2, 0.25) is 0 Å². The molecule has 0 bridgehead atoms. The summed E-state index contributed by atoms with van der Waals surface area (Å²) in [5, 5.41) is 12.1. The van der Waals surface area contributed by atoms with Crippen LogP contribution >= 0.6 is 15.9 Å². The van der Waals surface area contributed by atoms with Gasteiger partial charge >= 0.3 is 5.97 Å². The van der Waals surface area contributed by atoms with Gasteiger partial charge < -0.3 is 19.5 Å². The Morgan fingerprint density at radius 2 is 1.91 bits per heavy atom. The van der Waals surface area contributed by atoms with Gasteiger partial charge in [0.15, 0.2) is 23.9 Å². The number of carbonyl (C=O) groups excluding carboxylic acids is 2. The maximum Gasteiger partial charge on any atom is 0.336 e. The molecular formula is C24H19BrN2O5. The second-order valence-corrected chi connectivity index (χ2v) is 8.08. The fraction of sp³-hybridized carbons (Fsp3) is 0.208. The van der Waals surface area contributed by atoms with Crippen molar-refractivity contribution in [3.05, 3.63) is 74.4 Å². The number of rotatable bonds is 5. The van der Waals surface area contributed by atoms with E-state index in [0.29, 0.717) is 49.6 Å². The van der Waals surface area contributed by atoms with E-state index in [1.54, 1.807) is 25.1 Å². The highest BCUT2D eigenvalue weighted by Gasteiger charge is 2.43. The molecule has 0 amide bonds. The second-order valence-electron chi connectivity index (χ2n) is 7.22. The van der Waals surface area contributed by atoms with Crippen LogP contribution in [0.25, 0.3) is 5.70 Å². The van der Waals surface area contributed by atoms with Crippen LogP contribution in [0.1, 0.15) is 34.3 Å². The van der Waals surface area contributed by atoms with E-state index in [1.807, 2.05) is 24.3 Å². The number of nitrogens with zero attached hydrogens (tertiary/aromatic N) is 1. The Labute approximate surface area is 193 Å². The molecule has 0 aromatic heterocycles. The van der Waals surface area contributed by atoms with Crippen LogP contribution in [0.15, 0.2) is 57.7 Å². The van der Waals surface area contributed by atoms with Crippen molar-refractivity contribution in [1.29, 1.82) is 5.26 Å². The number of allylic oxidation sites excluding steroid dienone is 2. The van der Waals surface area contributed by atoms with Crippen LogP contribution in [0.4, 0.5) is 0 Å². The van der Waals surface area contributed by atoms with Crippen molar-refractivity contribution >= 4 is 33.4 Å². The third kappa shape index (κ3) is 3.35. The van der Waals surface area contributed by atoms with Crippen molar-refractivity contribution in [1.82, 2.24) is 5.32 Å². The van der Waals surface area contributed by atoms with E-state index in [-0.39, 0.29) is 12.4 Å². The van der Waals surface area contributed by atoms with Crippen LogP contribution in [0.3, 0.4) is 0 Å². The van der Waals surface area contributed by atoms with Crippen LogP contribution in [-0.2, 0) is 9.53 Å². The number of esters is 1. The van der Waals surface area contributed by atoms with Gasteiger partial charge in [-0.3, -0.25) is 4.79 Å². The van der Waals surface area contributed by atoms with Gasteiger partial charge in [-0.15, -0.1) is 0 Å². The number of Topliss-reactive ketones (excluding diaryl/α,β-unsaturated/α-hetero) is 1. The topological polar surface area (TPSA) is 97.7 Å². The molecule has 0 radical (unpaired) electrons. The van der Waals surface area contributed by atoms with Crippen molar-refractivity contribution < 1.29 is 23.8 Å². The predicted molar refractivity (Wildman–Crippen MR) is 120 cm³/mol. The molecule has 2 aromatic carbocycles. The lowest BCUT2D eigenvalue weighted by Crippen LogP contribution is -2.29. The van der Waals surface area contributed by atoms with E-state index in [4.69, 9.17) is 19.5 Å². The zero-order valence-corrected chi connectivity index (χ0v) is 19.2. The molecule has 1 atom stereocenters. The van der Waals surface area contributed by atoms with Crippen molar-refractivity contribution in [2.24, 2.45) is 0 Å². The molecule has 162 valence electrons. The minimum atomic E-state index is -0.702. The minimum Gasteiger partial charge on any atom is -0.493 e. The average molecular weight is 495 g/mol. The van der Waals surface area contributed by atoms with Crippen molar-refractivity contribution in [3.8, 4) is 17.6 Å². The van der Waals surface area contributed by atoms with Crippen LogP contribution in [-0.4, -0.2) is 32.6 Å². The molecule has 2 aromatic rings. The molecule has 7 nitrogen and oxygen atoms in total. The number of ether oxygens (including phenoxy) is 3. The van der Waals surface area contributed by atoms with Gasteiger partial charge in [0, 0.05) is 26.9 Å². The van der Waals surface area contributed by atoms with Crippen molar-refractivity contribution in [2.75, 3.05) is 20.8 Å². The number of fused-ring (bicyclic) bond motifs is 2. The van der Waals surface area contributed by atoms with E-state index >= 15 is 0 Å². The Balaban J connectivity index is 1.95. The molecule has 1 heterocycles. The maximum absolute atomic E-state index is 13.5. The smallest absolute Gasteiger partial charge is 0.336 e. The highest BCUT2D eigenvalue weighted by atomic mass is 79.9. The largest absolute Gasteiger partial charge is 0.493 e. The van der Waals surface area contributed by atoms with Gasteiger partial charge in [-0.2, -0.15) is 5.26 Å². The van der Waals surface area contributed by atoms with Crippen LogP contribution in [0.5, 0.6) is 11.5 Å². The highest BCUT2D eigenvalue weighted by molar-refractivity contribution is 9.10. The predicted octanol–water partition coefficient (Wildman–Crippen LogP) is 4.10. The Morgan fingerprint density at radius 3 is 2.56 bits per heavy atom. The van der Waals surface area contributed by atoms with Crippen molar-refractivity contribution in [2.45, 2.75) is 12.8 Å². The van der Waals surface area contributed by atoms with E-state index in [9.17, 15) is 9.59 Å². The Bertz CT molecular complexity index is 1260. The summed E-state index contributed by atoms with van der Waals surface area (Å²) in [6, 6.07) is 12.6. The Hall–Kier alpha value is -3.57. The van der Waals surface area contributed by atoms with Gasteiger partial charge in [0.05, 0.1) is 31.4 Å². The number of dihydropyridines is 1. The molecule has 1 aliphatic carbocycles. The zero-order valence-electron chi connectivity index (χ0n) is 17.6. The number of nitrogens with one attached hydrogen (secondary N) is 1. The highest BCUT2D eigenvalue weighted by Crippen LogP contribution is 2.49. The zero-order chi connectivity index (χ0) is 23.0. The summed E-state index contributed by atoms with van der Waals surface area (Å²) >= 11 is 3.56. The van der Waals surface area contributed by atoms with Crippen molar-refractivity contribution in [3.63, 3.8) is 0 Å². The Kier molecular flexibility index (Phi) is 5.76. The van der Waals surface area contributed by atoms with Crippen LogP contribution in [0.2, 0.25) is 0 Å². The number of carbonyl (C=O) groups is 2. The van der Waals surface area contributed by atoms with Crippen LogP contribution in [0, 0.1) is 11.3 Å². The molecular weight excluding hydrogens is 476 g/mol. The average Bonchev–Trinajstić information content (AvgIpc) is 3.08. The summed E-state index contributed by atoms with van der Waals surface area (Å²) in [5.41, 5.74) is 4.08. The lowest BCUT2D eigenvalue weighted by atomic mass is 9.79. The monoisotopic (exact) mass is 494 g/mol. The van der Waals surface area contributed by atoms with Gasteiger partial charge in [0.1, 0.15) is 6.07 Å². The summed E-state index contributed by atoms with van der Waals surface area (Å²) in [5.74, 6) is -0.645. The van der Waals surface area contributed by atoms with Gasteiger partial charge in [0.25, 0.3) is 0 Å². The summed E-state index contributed by atoms with van der Waals surface area (Å²) < 4.78 is 16.6. The first-order chi connectivity index (χ1) is 15.4. The molecule has 4 rings (SSSR count). The number of benzene rings is 2. The second kappa shape index (κ2) is 8.52. The maximum atomic E-state index is 13.5. The number of hydrogen-bond donors (Lipinski definition) is 1. The van der Waals surface area contributed by atoms with E-state index in [2.05, 4.69) is 21.2 Å². The molecule has 0 saturated heterocycles. The van der Waals surface area contributed by atoms with E-state index < -0.39 is 11.9 Å². The quantitative estimate of drug-likeness (QED) is 0.624. The first kappa shape index (κ1) is 21.7. The molecule has 0 unspecified atom stereocenters. The third-order valence-corrected chi connectivity index (χ3v) is 6.23. The first-order valence-electron chi connectivity index (χ1n) is 9.74. The molecule has 0 spiro atoms. The summed E-state index contributed by atoms with van der Waals surface area (Å²) in [4.78, 5) is 26.3. The lowest BCUT2D eigenvalue weighted by Gasteiger charge is -2.30. The van der Waals surface area contributed by atoms with E-state index in [0.717, 1.165) is 5.56 Å². The summed E-state index contributed by atoms with van der Waals surface area (Å²) in [7, 11) is 2.79. The van der Waals surface area contributed by atoms with E-state index in [1.165, 1.54) is 14.2 Å². The Morgan fingerprint density at radius 1 is 1.19 bits per heavy atom. The fourth-order valence-electron chi connectivity index (χ4n) is 4.17. The van der Waals surface area contributed by atoms with Gasteiger partial charge in [-0.05, 0) is 24.6 Å². The SMILES string of the molecule is COC(=O)C1=C(C)NC2=C(C(=O)c3ccccc32)[C@H]1c1cc(OC)c(OCC#N)cc1Br. The summed E-state index contributed by atoms with van der Waals surface area (Å²) in [6.45, 7) is 1.63. The fourth-order valence-corrected chi connectivity index (χ4v) is 4.73. The number of nitriles is 1. The number of halogens is 1. The van der Waals surface area contributed by atoms with Gasteiger partial charge in [-0.25, -0.2) is 4.79 Å². The molecule has 8 heteroatoms. The number of ketones is 1. The lowest BCUT2D eigenvalue weighted by molar-refractivity contribution is -0.136.